The first kappa shape index (κ1) is 17.9. The van der Waals surface area contributed by atoms with Crippen molar-refractivity contribution in [2.45, 2.75) is 25.0 Å². The second-order valence-corrected chi connectivity index (χ2v) is 7.30. The summed E-state index contributed by atoms with van der Waals surface area (Å²) in [4.78, 5) is 4.60. The van der Waals surface area contributed by atoms with E-state index in [-0.39, 0.29) is 17.5 Å². The Balaban J connectivity index is 1.48. The Bertz CT molecular complexity index is 818. The zero-order valence-electron chi connectivity index (χ0n) is 15.5. The van der Waals surface area contributed by atoms with Gasteiger partial charge in [0.2, 0.25) is 0 Å². The molecule has 0 bridgehead atoms. The van der Waals surface area contributed by atoms with Gasteiger partial charge < -0.3 is 25.0 Å². The number of hydrogen-bond donors (Lipinski definition) is 3. The van der Waals surface area contributed by atoms with Crippen LogP contribution in [-0.4, -0.2) is 65.7 Å². The molecule has 1 fully saturated rings. The summed E-state index contributed by atoms with van der Waals surface area (Å²) in [5, 5.41) is 30.9. The van der Waals surface area contributed by atoms with Crippen molar-refractivity contribution in [1.82, 2.24) is 4.90 Å². The monoisotopic (exact) mass is 370 g/mol. The number of phenolic OH excluding ortho intramolecular Hbond substituents is 2. The molecular formula is C21H26N2O4. The lowest BCUT2D eigenvalue weighted by molar-refractivity contribution is 0.0385. The number of ether oxygens (including phenoxy) is 1. The maximum Gasteiger partial charge on any atom is 0.142 e. The third kappa shape index (κ3) is 3.31. The number of aliphatic hydroxyl groups is 1. The van der Waals surface area contributed by atoms with Crippen LogP contribution in [0.3, 0.4) is 0 Å². The standard InChI is InChI=1S/C21H26N2O4/c1-27-21-5-3-2-4-16(21)22-8-10-23(11-9-22)17-12-14-15(13-20(17)26)19(25)7-6-18(14)24/h2-7,17,20,24-26H,8-13H2,1H3. The third-order valence-corrected chi connectivity index (χ3v) is 5.86. The van der Waals surface area contributed by atoms with Crippen molar-refractivity contribution in [3.8, 4) is 17.2 Å². The summed E-state index contributed by atoms with van der Waals surface area (Å²) in [6.07, 6.45) is 0.362. The van der Waals surface area contributed by atoms with Crippen LogP contribution < -0.4 is 9.64 Å². The average Bonchev–Trinajstić information content (AvgIpc) is 2.71. The number of aromatic hydroxyl groups is 2. The van der Waals surface area contributed by atoms with Crippen LogP contribution in [0.4, 0.5) is 5.69 Å². The first-order valence-electron chi connectivity index (χ1n) is 9.41. The second kappa shape index (κ2) is 7.29. The minimum atomic E-state index is -0.553. The Labute approximate surface area is 159 Å². The van der Waals surface area contributed by atoms with E-state index in [1.165, 1.54) is 12.1 Å². The Morgan fingerprint density at radius 2 is 1.52 bits per heavy atom. The number of rotatable bonds is 3. The first-order chi connectivity index (χ1) is 13.1. The number of aliphatic hydroxyl groups excluding tert-OH is 1. The van der Waals surface area contributed by atoms with Gasteiger partial charge >= 0.3 is 0 Å². The summed E-state index contributed by atoms with van der Waals surface area (Å²) < 4.78 is 5.48. The van der Waals surface area contributed by atoms with Crippen LogP contribution >= 0.6 is 0 Å². The van der Waals surface area contributed by atoms with Crippen molar-refractivity contribution in [2.75, 3.05) is 38.2 Å². The number of methoxy groups -OCH3 is 1. The molecule has 6 nitrogen and oxygen atoms in total. The molecule has 1 heterocycles. The van der Waals surface area contributed by atoms with Crippen molar-refractivity contribution in [1.29, 1.82) is 0 Å². The quantitative estimate of drug-likeness (QED) is 0.715. The van der Waals surface area contributed by atoms with E-state index in [4.69, 9.17) is 4.74 Å². The lowest BCUT2D eigenvalue weighted by Crippen LogP contribution is -2.56. The number of nitrogens with zero attached hydrogens (tertiary/aromatic N) is 2. The molecule has 1 aliphatic carbocycles. The molecule has 2 unspecified atom stereocenters. The van der Waals surface area contributed by atoms with Crippen LogP contribution in [0.1, 0.15) is 11.1 Å². The largest absolute Gasteiger partial charge is 0.508 e. The fourth-order valence-electron chi connectivity index (χ4n) is 4.37. The molecule has 2 aliphatic rings. The first-order valence-corrected chi connectivity index (χ1v) is 9.41. The maximum atomic E-state index is 10.7. The van der Waals surface area contributed by atoms with E-state index in [1.807, 2.05) is 18.2 Å². The molecule has 0 spiro atoms. The summed E-state index contributed by atoms with van der Waals surface area (Å²) in [7, 11) is 1.69. The van der Waals surface area contributed by atoms with Crippen LogP contribution in [0.5, 0.6) is 17.2 Å². The van der Waals surface area contributed by atoms with Gasteiger partial charge in [-0.2, -0.15) is 0 Å². The molecule has 144 valence electrons. The van der Waals surface area contributed by atoms with Gasteiger partial charge in [-0.1, -0.05) is 12.1 Å². The highest BCUT2D eigenvalue weighted by Crippen LogP contribution is 2.37. The number of para-hydroxylation sites is 2. The molecular weight excluding hydrogens is 344 g/mol. The van der Waals surface area contributed by atoms with Crippen LogP contribution in [0, 0.1) is 0 Å². The third-order valence-electron chi connectivity index (χ3n) is 5.86. The zero-order valence-corrected chi connectivity index (χ0v) is 15.5. The van der Waals surface area contributed by atoms with E-state index < -0.39 is 6.10 Å². The Kier molecular flexibility index (Phi) is 4.85. The molecule has 2 aromatic carbocycles. The van der Waals surface area contributed by atoms with Gasteiger partial charge in [0.25, 0.3) is 0 Å². The van der Waals surface area contributed by atoms with Crippen LogP contribution in [0.15, 0.2) is 36.4 Å². The molecule has 4 rings (SSSR count). The van der Waals surface area contributed by atoms with E-state index >= 15 is 0 Å². The normalized spacial score (nSPS) is 23.1. The van der Waals surface area contributed by atoms with Gasteiger partial charge in [-0.3, -0.25) is 4.90 Å². The summed E-state index contributed by atoms with van der Waals surface area (Å²) in [5.41, 5.74) is 2.53. The zero-order chi connectivity index (χ0) is 19.0. The lowest BCUT2D eigenvalue weighted by atomic mass is 9.84. The fraction of sp³-hybridized carbons (Fsp3) is 0.429. The van der Waals surface area contributed by atoms with Gasteiger partial charge in [0.1, 0.15) is 17.2 Å². The topological polar surface area (TPSA) is 76.4 Å². The van der Waals surface area contributed by atoms with Crippen LogP contribution in [-0.2, 0) is 12.8 Å². The minimum absolute atomic E-state index is 0.0509. The molecule has 0 saturated carbocycles. The second-order valence-electron chi connectivity index (χ2n) is 7.30. The van der Waals surface area contributed by atoms with Gasteiger partial charge in [0.05, 0.1) is 18.9 Å². The van der Waals surface area contributed by atoms with E-state index in [0.29, 0.717) is 18.4 Å². The smallest absolute Gasteiger partial charge is 0.142 e. The minimum Gasteiger partial charge on any atom is -0.508 e. The van der Waals surface area contributed by atoms with E-state index in [9.17, 15) is 15.3 Å². The SMILES string of the molecule is COc1ccccc1N1CCN(C2Cc3c(O)ccc(O)c3CC2O)CC1. The highest BCUT2D eigenvalue weighted by Gasteiger charge is 2.35. The van der Waals surface area contributed by atoms with Gasteiger partial charge in [0.15, 0.2) is 0 Å². The predicted octanol–water partition coefficient (Wildman–Crippen LogP) is 1.76. The molecule has 2 aromatic rings. The predicted molar refractivity (Wildman–Crippen MR) is 104 cm³/mol. The summed E-state index contributed by atoms with van der Waals surface area (Å²) in [6, 6.07) is 11.0. The molecule has 27 heavy (non-hydrogen) atoms. The maximum absolute atomic E-state index is 10.7. The molecule has 6 heteroatoms. The Morgan fingerprint density at radius 3 is 2.19 bits per heavy atom. The molecule has 1 aliphatic heterocycles. The van der Waals surface area contributed by atoms with Crippen molar-refractivity contribution in [2.24, 2.45) is 0 Å². The van der Waals surface area contributed by atoms with Crippen molar-refractivity contribution in [3.63, 3.8) is 0 Å². The van der Waals surface area contributed by atoms with E-state index in [0.717, 1.165) is 43.2 Å². The molecule has 0 aromatic heterocycles. The van der Waals surface area contributed by atoms with Gasteiger partial charge in [-0.15, -0.1) is 0 Å². The summed E-state index contributed by atoms with van der Waals surface area (Å²) >= 11 is 0. The number of piperazine rings is 1. The van der Waals surface area contributed by atoms with E-state index in [2.05, 4.69) is 15.9 Å². The molecule has 3 N–H and O–H groups in total. The number of benzene rings is 2. The molecule has 2 atom stereocenters. The highest BCUT2D eigenvalue weighted by atomic mass is 16.5. The van der Waals surface area contributed by atoms with Gasteiger partial charge in [-0.25, -0.2) is 0 Å². The number of anilines is 1. The van der Waals surface area contributed by atoms with Crippen LogP contribution in [0.2, 0.25) is 0 Å². The van der Waals surface area contributed by atoms with Crippen molar-refractivity contribution >= 4 is 5.69 Å². The highest BCUT2D eigenvalue weighted by molar-refractivity contribution is 5.58. The Morgan fingerprint density at radius 1 is 0.889 bits per heavy atom. The van der Waals surface area contributed by atoms with Gasteiger partial charge in [-0.05, 0) is 30.7 Å². The average molecular weight is 370 g/mol. The Hall–Kier alpha value is -2.44. The van der Waals surface area contributed by atoms with Gasteiger partial charge in [0, 0.05) is 49.8 Å². The van der Waals surface area contributed by atoms with E-state index in [1.54, 1.807) is 7.11 Å². The molecule has 1 saturated heterocycles. The fourth-order valence-corrected chi connectivity index (χ4v) is 4.37. The summed E-state index contributed by atoms with van der Waals surface area (Å²) in [5.74, 6) is 1.23. The lowest BCUT2D eigenvalue weighted by Gasteiger charge is -2.44. The van der Waals surface area contributed by atoms with Crippen molar-refractivity contribution in [3.05, 3.63) is 47.5 Å². The summed E-state index contributed by atoms with van der Waals surface area (Å²) in [6.45, 7) is 3.36. The van der Waals surface area contributed by atoms with Crippen LogP contribution in [0.25, 0.3) is 0 Å². The number of phenols is 2. The molecule has 0 amide bonds. The van der Waals surface area contributed by atoms with Crippen molar-refractivity contribution < 1.29 is 20.1 Å². The molecule has 0 radical (unpaired) electrons. The number of fused-ring (bicyclic) bond motifs is 1. The number of hydrogen-bond acceptors (Lipinski definition) is 6.